The first-order valence-corrected chi connectivity index (χ1v) is 8.85. The average molecular weight is 329 g/mol. The molecule has 120 valence electrons. The Morgan fingerprint density at radius 1 is 1.00 bits per heavy atom. The lowest BCUT2D eigenvalue weighted by Gasteiger charge is -2.33. The van der Waals surface area contributed by atoms with Gasteiger partial charge in [0.15, 0.2) is 0 Å². The molecular formula is C18H19NO3S. The minimum atomic E-state index is -4.28. The molecule has 23 heavy (non-hydrogen) atoms. The van der Waals surface area contributed by atoms with Crippen molar-refractivity contribution in [1.82, 2.24) is 4.90 Å². The Hall–Kier alpha value is -1.95. The maximum absolute atomic E-state index is 12.0. The summed E-state index contributed by atoms with van der Waals surface area (Å²) in [6, 6.07) is 17.0. The molecule has 0 saturated heterocycles. The molecule has 0 aliphatic heterocycles. The number of fused-ring (bicyclic) bond motifs is 1. The number of benzene rings is 2. The van der Waals surface area contributed by atoms with Crippen LogP contribution in [0.4, 0.5) is 0 Å². The first kappa shape index (κ1) is 15.9. The van der Waals surface area contributed by atoms with Crippen molar-refractivity contribution in [3.8, 4) is 0 Å². The third-order valence-corrected chi connectivity index (χ3v) is 5.24. The molecule has 0 aromatic heterocycles. The molecule has 2 aromatic rings. The topological polar surface area (TPSA) is 57.6 Å². The number of rotatable bonds is 3. The Morgan fingerprint density at radius 3 is 2.22 bits per heavy atom. The second-order valence-corrected chi connectivity index (χ2v) is 7.35. The van der Waals surface area contributed by atoms with Crippen LogP contribution < -0.4 is 0 Å². The maximum Gasteiger partial charge on any atom is 0.291 e. The van der Waals surface area contributed by atoms with Gasteiger partial charge in [-0.15, -0.1) is 0 Å². The molecule has 0 amide bonds. The number of nitrogens with zero attached hydrogens (tertiary/aromatic N) is 1. The van der Waals surface area contributed by atoms with Crippen molar-refractivity contribution in [2.75, 3.05) is 14.1 Å². The van der Waals surface area contributed by atoms with E-state index < -0.39 is 10.1 Å². The van der Waals surface area contributed by atoms with E-state index in [1.165, 1.54) is 0 Å². The fraction of sp³-hybridized carbons (Fsp3) is 0.222. The standard InChI is InChI=1S/C18H19NO3S/c1-19(2)16-12-17(23(20,21)22)18(13-8-4-3-5-9-13)15-11-7-6-10-14(15)16/h3-11,16H,12H2,1-2H3,(H,20,21,22). The van der Waals surface area contributed by atoms with Gasteiger partial charge >= 0.3 is 0 Å². The molecule has 0 fully saturated rings. The monoisotopic (exact) mass is 329 g/mol. The molecule has 1 aliphatic carbocycles. The lowest BCUT2D eigenvalue weighted by atomic mass is 9.83. The summed E-state index contributed by atoms with van der Waals surface area (Å²) in [4.78, 5) is 2.06. The molecule has 2 aromatic carbocycles. The van der Waals surface area contributed by atoms with Gasteiger partial charge in [-0.05, 0) is 30.8 Å². The molecule has 5 heteroatoms. The van der Waals surface area contributed by atoms with Gasteiger partial charge in [-0.2, -0.15) is 8.42 Å². The smallest absolute Gasteiger partial charge is 0.291 e. The molecule has 0 bridgehead atoms. The summed E-state index contributed by atoms with van der Waals surface area (Å²) in [5, 5.41) is 0. The van der Waals surface area contributed by atoms with Gasteiger partial charge in [0.1, 0.15) is 0 Å². The van der Waals surface area contributed by atoms with E-state index in [0.717, 1.165) is 16.7 Å². The zero-order chi connectivity index (χ0) is 16.6. The SMILES string of the molecule is CN(C)C1CC(S(=O)(=O)O)=C(c2ccccc2)c2ccccc21. The van der Waals surface area contributed by atoms with E-state index in [2.05, 4.69) is 0 Å². The van der Waals surface area contributed by atoms with Gasteiger partial charge in [0.2, 0.25) is 0 Å². The predicted molar refractivity (Wildman–Crippen MR) is 91.5 cm³/mol. The van der Waals surface area contributed by atoms with Gasteiger partial charge in [-0.1, -0.05) is 54.6 Å². The highest BCUT2D eigenvalue weighted by atomic mass is 32.2. The molecule has 4 nitrogen and oxygen atoms in total. The van der Waals surface area contributed by atoms with Crippen molar-refractivity contribution in [3.05, 3.63) is 76.2 Å². The van der Waals surface area contributed by atoms with Crippen LogP contribution in [0.1, 0.15) is 29.2 Å². The van der Waals surface area contributed by atoms with E-state index in [9.17, 15) is 13.0 Å². The summed E-state index contributed by atoms with van der Waals surface area (Å²) in [5.41, 5.74) is 3.33. The molecule has 0 radical (unpaired) electrons. The minimum absolute atomic E-state index is 0.0844. The predicted octanol–water partition coefficient (Wildman–Crippen LogP) is 3.34. The van der Waals surface area contributed by atoms with E-state index in [1.54, 1.807) is 0 Å². The Bertz CT molecular complexity index is 855. The van der Waals surface area contributed by atoms with Crippen LogP contribution in [0.3, 0.4) is 0 Å². The second-order valence-electron chi connectivity index (χ2n) is 5.91. The molecule has 1 unspecified atom stereocenters. The van der Waals surface area contributed by atoms with Gasteiger partial charge in [0.25, 0.3) is 10.1 Å². The molecule has 3 rings (SSSR count). The van der Waals surface area contributed by atoms with Gasteiger partial charge in [-0.25, -0.2) is 0 Å². The highest BCUT2D eigenvalue weighted by Crippen LogP contribution is 2.43. The van der Waals surface area contributed by atoms with Crippen molar-refractivity contribution in [3.63, 3.8) is 0 Å². The quantitative estimate of drug-likeness (QED) is 0.878. The highest BCUT2D eigenvalue weighted by Gasteiger charge is 2.33. The maximum atomic E-state index is 12.0. The average Bonchev–Trinajstić information content (AvgIpc) is 2.53. The van der Waals surface area contributed by atoms with Crippen LogP contribution >= 0.6 is 0 Å². The Balaban J connectivity index is 2.35. The lowest BCUT2D eigenvalue weighted by Crippen LogP contribution is -2.26. The third kappa shape index (κ3) is 2.95. The summed E-state index contributed by atoms with van der Waals surface area (Å²) in [5.74, 6) is 0. The van der Waals surface area contributed by atoms with Gasteiger partial charge in [-0.3, -0.25) is 4.55 Å². The number of hydrogen-bond acceptors (Lipinski definition) is 3. The largest absolute Gasteiger partial charge is 0.302 e. The molecular weight excluding hydrogens is 310 g/mol. The molecule has 0 saturated carbocycles. The minimum Gasteiger partial charge on any atom is -0.302 e. The lowest BCUT2D eigenvalue weighted by molar-refractivity contribution is 0.296. The first-order chi connectivity index (χ1) is 10.9. The Kier molecular flexibility index (Phi) is 4.10. The van der Waals surface area contributed by atoms with Crippen molar-refractivity contribution in [2.45, 2.75) is 12.5 Å². The van der Waals surface area contributed by atoms with E-state index in [-0.39, 0.29) is 17.4 Å². The zero-order valence-electron chi connectivity index (χ0n) is 13.1. The molecule has 1 atom stereocenters. The fourth-order valence-corrected chi connectivity index (χ4v) is 4.02. The van der Waals surface area contributed by atoms with E-state index in [4.69, 9.17) is 0 Å². The van der Waals surface area contributed by atoms with Crippen LogP contribution in [-0.4, -0.2) is 32.0 Å². The van der Waals surface area contributed by atoms with E-state index >= 15 is 0 Å². The molecule has 0 heterocycles. The molecule has 1 aliphatic rings. The molecule has 0 spiro atoms. The van der Waals surface area contributed by atoms with Crippen molar-refractivity contribution in [1.29, 1.82) is 0 Å². The zero-order valence-corrected chi connectivity index (χ0v) is 13.9. The van der Waals surface area contributed by atoms with Crippen molar-refractivity contribution in [2.24, 2.45) is 0 Å². The summed E-state index contributed by atoms with van der Waals surface area (Å²) < 4.78 is 33.8. The third-order valence-electron chi connectivity index (χ3n) is 4.24. The van der Waals surface area contributed by atoms with Crippen LogP contribution in [0.2, 0.25) is 0 Å². The van der Waals surface area contributed by atoms with Gasteiger partial charge in [0, 0.05) is 18.0 Å². The fourth-order valence-electron chi connectivity index (χ4n) is 3.17. The van der Waals surface area contributed by atoms with Crippen molar-refractivity contribution < 1.29 is 13.0 Å². The van der Waals surface area contributed by atoms with Crippen LogP contribution in [-0.2, 0) is 10.1 Å². The van der Waals surface area contributed by atoms with Gasteiger partial charge in [0.05, 0.1) is 4.91 Å². The van der Waals surface area contributed by atoms with Crippen LogP contribution in [0.5, 0.6) is 0 Å². The summed E-state index contributed by atoms with van der Waals surface area (Å²) in [6.45, 7) is 0. The van der Waals surface area contributed by atoms with Gasteiger partial charge < -0.3 is 4.90 Å². The molecule has 1 N–H and O–H groups in total. The summed E-state index contributed by atoms with van der Waals surface area (Å²) >= 11 is 0. The Labute approximate surface area is 136 Å². The van der Waals surface area contributed by atoms with Crippen molar-refractivity contribution >= 4 is 15.7 Å². The van der Waals surface area contributed by atoms with E-state index in [0.29, 0.717) is 5.57 Å². The van der Waals surface area contributed by atoms with Crippen LogP contribution in [0.15, 0.2) is 59.5 Å². The summed E-state index contributed by atoms with van der Waals surface area (Å²) in [7, 11) is -0.453. The normalized spacial score (nSPS) is 18.2. The van der Waals surface area contributed by atoms with Crippen LogP contribution in [0.25, 0.3) is 5.57 Å². The summed E-state index contributed by atoms with van der Waals surface area (Å²) in [6.07, 6.45) is 0.257. The first-order valence-electron chi connectivity index (χ1n) is 7.41. The van der Waals surface area contributed by atoms with E-state index in [1.807, 2.05) is 73.6 Å². The highest BCUT2D eigenvalue weighted by molar-refractivity contribution is 7.90. The van der Waals surface area contributed by atoms with Crippen LogP contribution in [0, 0.1) is 0 Å². The second kappa shape index (κ2) is 5.92. The number of hydrogen-bond donors (Lipinski definition) is 1. The Morgan fingerprint density at radius 2 is 1.61 bits per heavy atom.